The Balaban J connectivity index is 1.91. The number of carbonyl (C=O) groups excluding carboxylic acids is 1. The molecule has 2 N–H and O–H groups in total. The summed E-state index contributed by atoms with van der Waals surface area (Å²) in [6.45, 7) is 9.76. The van der Waals surface area contributed by atoms with Crippen LogP contribution in [0.1, 0.15) is 20.8 Å². The van der Waals surface area contributed by atoms with E-state index in [2.05, 4.69) is 17.6 Å². The van der Waals surface area contributed by atoms with E-state index < -0.39 is 0 Å². The van der Waals surface area contributed by atoms with E-state index in [0.717, 1.165) is 13.1 Å². The van der Waals surface area contributed by atoms with Crippen LogP contribution in [0.2, 0.25) is 0 Å². The predicted octanol–water partition coefficient (Wildman–Crippen LogP) is -0.426. The summed E-state index contributed by atoms with van der Waals surface area (Å²) >= 11 is 0. The van der Waals surface area contributed by atoms with E-state index in [-0.39, 0.29) is 17.6 Å². The molecule has 0 aliphatic carbocycles. The minimum absolute atomic E-state index is 0.0832. The summed E-state index contributed by atoms with van der Waals surface area (Å²) in [6.07, 6.45) is 0. The fourth-order valence-electron chi connectivity index (χ4n) is 2.38. The Bertz CT molecular complexity index is 285. The first kappa shape index (κ1) is 12.8. The smallest absolute Gasteiger partial charge is 0.241 e. The minimum Gasteiger partial charge on any atom is -0.372 e. The maximum absolute atomic E-state index is 12.3. The second-order valence-electron chi connectivity index (χ2n) is 5.64. The average molecular weight is 241 g/mol. The summed E-state index contributed by atoms with van der Waals surface area (Å²) in [5, 5.41) is 6.63. The monoisotopic (exact) mass is 241 g/mol. The van der Waals surface area contributed by atoms with Gasteiger partial charge < -0.3 is 20.3 Å². The highest BCUT2D eigenvalue weighted by Gasteiger charge is 2.34. The van der Waals surface area contributed by atoms with Crippen molar-refractivity contribution in [3.05, 3.63) is 0 Å². The van der Waals surface area contributed by atoms with Gasteiger partial charge in [0.2, 0.25) is 5.91 Å². The van der Waals surface area contributed by atoms with Crippen LogP contribution in [0.4, 0.5) is 0 Å². The van der Waals surface area contributed by atoms with Gasteiger partial charge in [-0.3, -0.25) is 4.79 Å². The lowest BCUT2D eigenvalue weighted by Crippen LogP contribution is -2.62. The van der Waals surface area contributed by atoms with Gasteiger partial charge in [-0.05, 0) is 20.8 Å². The SMILES string of the molecule is CC1CNC(C(=O)N2CCOC(C)(C)C2)CN1. The van der Waals surface area contributed by atoms with Crippen molar-refractivity contribution in [2.75, 3.05) is 32.8 Å². The Morgan fingerprint density at radius 3 is 2.71 bits per heavy atom. The van der Waals surface area contributed by atoms with Crippen molar-refractivity contribution >= 4 is 5.91 Å². The summed E-state index contributed by atoms with van der Waals surface area (Å²) in [5.74, 6) is 0.195. The van der Waals surface area contributed by atoms with Gasteiger partial charge in [-0.25, -0.2) is 0 Å². The molecule has 0 aromatic heterocycles. The van der Waals surface area contributed by atoms with E-state index in [1.54, 1.807) is 0 Å². The van der Waals surface area contributed by atoms with Gasteiger partial charge in [-0.1, -0.05) is 0 Å². The van der Waals surface area contributed by atoms with E-state index in [0.29, 0.717) is 25.7 Å². The Kier molecular flexibility index (Phi) is 3.70. The summed E-state index contributed by atoms with van der Waals surface area (Å²) in [4.78, 5) is 14.2. The normalized spacial score (nSPS) is 33.5. The van der Waals surface area contributed by atoms with E-state index >= 15 is 0 Å². The zero-order valence-corrected chi connectivity index (χ0v) is 11.0. The third kappa shape index (κ3) is 3.18. The maximum atomic E-state index is 12.3. The molecule has 0 bridgehead atoms. The maximum Gasteiger partial charge on any atom is 0.241 e. The number of ether oxygens (including phenoxy) is 1. The fraction of sp³-hybridized carbons (Fsp3) is 0.917. The van der Waals surface area contributed by atoms with E-state index in [1.165, 1.54) is 0 Å². The van der Waals surface area contributed by atoms with E-state index in [1.807, 2.05) is 18.7 Å². The third-order valence-electron chi connectivity index (χ3n) is 3.38. The van der Waals surface area contributed by atoms with Crippen molar-refractivity contribution in [3.8, 4) is 0 Å². The van der Waals surface area contributed by atoms with Crippen molar-refractivity contribution in [2.45, 2.75) is 38.5 Å². The molecule has 2 rings (SSSR count). The summed E-state index contributed by atoms with van der Waals surface area (Å²) in [6, 6.07) is 0.361. The van der Waals surface area contributed by atoms with Crippen LogP contribution < -0.4 is 10.6 Å². The van der Waals surface area contributed by atoms with Gasteiger partial charge in [0.1, 0.15) is 0 Å². The molecule has 2 aliphatic heterocycles. The molecule has 2 atom stereocenters. The summed E-state index contributed by atoms with van der Waals surface area (Å²) < 4.78 is 5.62. The van der Waals surface area contributed by atoms with Crippen LogP contribution in [0.15, 0.2) is 0 Å². The number of hydrogen-bond donors (Lipinski definition) is 2. The van der Waals surface area contributed by atoms with Crippen molar-refractivity contribution in [3.63, 3.8) is 0 Å². The van der Waals surface area contributed by atoms with Gasteiger partial charge in [-0.2, -0.15) is 0 Å². The number of nitrogens with one attached hydrogen (secondary N) is 2. The summed E-state index contributed by atoms with van der Waals surface area (Å²) in [7, 11) is 0. The van der Waals surface area contributed by atoms with Crippen LogP contribution in [0, 0.1) is 0 Å². The van der Waals surface area contributed by atoms with Crippen molar-refractivity contribution in [1.29, 1.82) is 0 Å². The largest absolute Gasteiger partial charge is 0.372 e. The van der Waals surface area contributed by atoms with Gasteiger partial charge in [0.15, 0.2) is 0 Å². The highest BCUT2D eigenvalue weighted by molar-refractivity contribution is 5.82. The molecule has 5 nitrogen and oxygen atoms in total. The quantitative estimate of drug-likeness (QED) is 0.654. The molecule has 0 spiro atoms. The highest BCUT2D eigenvalue weighted by atomic mass is 16.5. The molecule has 2 fully saturated rings. The molecule has 5 heteroatoms. The standard InChI is InChI=1S/C12H23N3O2/c1-9-6-14-10(7-13-9)11(16)15-4-5-17-12(2,3)8-15/h9-10,13-14H,4-8H2,1-3H3. The molecule has 2 aliphatic rings. The zero-order valence-electron chi connectivity index (χ0n) is 11.0. The number of morpholine rings is 1. The Labute approximate surface area is 103 Å². The third-order valence-corrected chi connectivity index (χ3v) is 3.38. The number of piperazine rings is 1. The van der Waals surface area contributed by atoms with Crippen molar-refractivity contribution < 1.29 is 9.53 Å². The average Bonchev–Trinajstić information content (AvgIpc) is 2.28. The molecule has 0 saturated carbocycles. The van der Waals surface area contributed by atoms with Crippen LogP contribution in [0.25, 0.3) is 0 Å². The van der Waals surface area contributed by atoms with E-state index in [9.17, 15) is 4.79 Å². The molecular weight excluding hydrogens is 218 g/mol. The van der Waals surface area contributed by atoms with Crippen LogP contribution in [-0.2, 0) is 9.53 Å². The second-order valence-corrected chi connectivity index (χ2v) is 5.64. The second kappa shape index (κ2) is 4.92. The van der Waals surface area contributed by atoms with Gasteiger partial charge >= 0.3 is 0 Å². The van der Waals surface area contributed by atoms with Crippen molar-refractivity contribution in [2.24, 2.45) is 0 Å². The molecule has 0 radical (unpaired) electrons. The highest BCUT2D eigenvalue weighted by Crippen LogP contribution is 2.17. The molecule has 2 saturated heterocycles. The Hall–Kier alpha value is -0.650. The summed E-state index contributed by atoms with van der Waals surface area (Å²) in [5.41, 5.74) is -0.219. The molecule has 98 valence electrons. The lowest BCUT2D eigenvalue weighted by molar-refractivity contribution is -0.148. The number of nitrogens with zero attached hydrogens (tertiary/aromatic N) is 1. The first-order valence-corrected chi connectivity index (χ1v) is 6.37. The molecule has 0 aromatic carbocycles. The first-order chi connectivity index (χ1) is 7.98. The Morgan fingerprint density at radius 2 is 2.12 bits per heavy atom. The molecule has 2 unspecified atom stereocenters. The number of hydrogen-bond acceptors (Lipinski definition) is 4. The first-order valence-electron chi connectivity index (χ1n) is 6.37. The van der Waals surface area contributed by atoms with Crippen LogP contribution in [-0.4, -0.2) is 61.3 Å². The van der Waals surface area contributed by atoms with Crippen LogP contribution >= 0.6 is 0 Å². The number of rotatable bonds is 1. The predicted molar refractivity (Wildman–Crippen MR) is 65.9 cm³/mol. The Morgan fingerprint density at radius 1 is 1.35 bits per heavy atom. The molecule has 1 amide bonds. The van der Waals surface area contributed by atoms with Crippen LogP contribution in [0.5, 0.6) is 0 Å². The molecule has 2 heterocycles. The van der Waals surface area contributed by atoms with Gasteiger partial charge in [0.05, 0.1) is 18.2 Å². The van der Waals surface area contributed by atoms with Gasteiger partial charge in [0, 0.05) is 32.2 Å². The van der Waals surface area contributed by atoms with Crippen LogP contribution in [0.3, 0.4) is 0 Å². The molecule has 0 aromatic rings. The number of carbonyl (C=O) groups is 1. The van der Waals surface area contributed by atoms with Crippen molar-refractivity contribution in [1.82, 2.24) is 15.5 Å². The zero-order chi connectivity index (χ0) is 12.5. The minimum atomic E-state index is -0.219. The molecule has 17 heavy (non-hydrogen) atoms. The lowest BCUT2D eigenvalue weighted by atomic mass is 10.1. The topological polar surface area (TPSA) is 53.6 Å². The van der Waals surface area contributed by atoms with E-state index in [4.69, 9.17) is 4.74 Å². The van der Waals surface area contributed by atoms with Gasteiger partial charge in [0.25, 0.3) is 0 Å². The van der Waals surface area contributed by atoms with Gasteiger partial charge in [-0.15, -0.1) is 0 Å². The molecular formula is C12H23N3O2. The fourth-order valence-corrected chi connectivity index (χ4v) is 2.38. The lowest BCUT2D eigenvalue weighted by Gasteiger charge is -2.40. The number of amides is 1.